The number of likely N-dealkylation sites (tertiary alicyclic amines) is 1. The average molecular weight is 345 g/mol. The number of carbonyl (C=O) groups excluding carboxylic acids is 1. The Morgan fingerprint density at radius 1 is 1.32 bits per heavy atom. The molecule has 138 valence electrons. The number of nitrogens with zero attached hydrogens (tertiary/aromatic N) is 2. The summed E-state index contributed by atoms with van der Waals surface area (Å²) in [6, 6.07) is 10.9. The van der Waals surface area contributed by atoms with Gasteiger partial charge in [0, 0.05) is 38.6 Å². The van der Waals surface area contributed by atoms with E-state index in [0.29, 0.717) is 18.4 Å². The Morgan fingerprint density at radius 3 is 2.76 bits per heavy atom. The maximum absolute atomic E-state index is 11.8. The van der Waals surface area contributed by atoms with Crippen LogP contribution in [0.2, 0.25) is 0 Å². The van der Waals surface area contributed by atoms with Crippen LogP contribution >= 0.6 is 0 Å². The summed E-state index contributed by atoms with van der Waals surface area (Å²) in [5, 5.41) is 6.80. The highest BCUT2D eigenvalue weighted by Crippen LogP contribution is 2.18. The number of nitrogens with one attached hydrogen (secondary N) is 2. The largest absolute Gasteiger partial charge is 0.357 e. The number of benzene rings is 1. The van der Waals surface area contributed by atoms with Crippen molar-refractivity contribution in [2.24, 2.45) is 4.99 Å². The summed E-state index contributed by atoms with van der Waals surface area (Å²) < 4.78 is 0. The second-order valence-electron chi connectivity index (χ2n) is 6.68. The highest BCUT2D eigenvalue weighted by Gasteiger charge is 2.25. The van der Waals surface area contributed by atoms with Gasteiger partial charge in [-0.05, 0) is 31.2 Å². The zero-order chi connectivity index (χ0) is 18.1. The fraction of sp³-hybridized carbons (Fsp3) is 0.600. The van der Waals surface area contributed by atoms with E-state index in [1.165, 1.54) is 5.56 Å². The van der Waals surface area contributed by atoms with Gasteiger partial charge in [0.25, 0.3) is 0 Å². The van der Waals surface area contributed by atoms with Gasteiger partial charge in [0.05, 0.1) is 0 Å². The van der Waals surface area contributed by atoms with Crippen LogP contribution in [0.1, 0.15) is 51.5 Å². The van der Waals surface area contributed by atoms with Crippen LogP contribution in [0.15, 0.2) is 35.3 Å². The van der Waals surface area contributed by atoms with Crippen molar-refractivity contribution in [1.82, 2.24) is 15.5 Å². The summed E-state index contributed by atoms with van der Waals surface area (Å²) in [6.07, 6.45) is 2.58. The van der Waals surface area contributed by atoms with Gasteiger partial charge >= 0.3 is 0 Å². The van der Waals surface area contributed by atoms with Gasteiger partial charge in [0.15, 0.2) is 5.96 Å². The van der Waals surface area contributed by atoms with E-state index in [4.69, 9.17) is 4.99 Å². The van der Waals surface area contributed by atoms with Gasteiger partial charge in [0.2, 0.25) is 5.91 Å². The minimum atomic E-state index is 0.239. The first kappa shape index (κ1) is 19.3. The Kier molecular flexibility index (Phi) is 7.76. The molecule has 0 spiro atoms. The Balaban J connectivity index is 1.83. The van der Waals surface area contributed by atoms with E-state index < -0.39 is 0 Å². The van der Waals surface area contributed by atoms with Gasteiger partial charge in [-0.3, -0.25) is 9.79 Å². The van der Waals surface area contributed by atoms with Gasteiger partial charge in [-0.2, -0.15) is 0 Å². The van der Waals surface area contributed by atoms with Crippen LogP contribution in [0, 0.1) is 0 Å². The maximum Gasteiger partial charge on any atom is 0.222 e. The van der Waals surface area contributed by atoms with Crippen molar-refractivity contribution in [3.05, 3.63) is 35.9 Å². The zero-order valence-electron chi connectivity index (χ0n) is 15.8. The number of hydrogen-bond donors (Lipinski definition) is 2. The molecule has 1 aliphatic rings. The third-order valence-corrected chi connectivity index (χ3v) is 4.73. The van der Waals surface area contributed by atoms with Crippen molar-refractivity contribution in [2.45, 2.75) is 52.0 Å². The topological polar surface area (TPSA) is 56.7 Å². The normalized spacial score (nSPS) is 18.9. The molecule has 5 heteroatoms. The monoisotopic (exact) mass is 344 g/mol. The summed E-state index contributed by atoms with van der Waals surface area (Å²) >= 11 is 0. The van der Waals surface area contributed by atoms with Crippen molar-refractivity contribution in [2.75, 3.05) is 26.2 Å². The van der Waals surface area contributed by atoms with E-state index >= 15 is 0 Å². The van der Waals surface area contributed by atoms with Gasteiger partial charge in [-0.25, -0.2) is 0 Å². The predicted octanol–water partition coefficient (Wildman–Crippen LogP) is 2.75. The number of carbonyl (C=O) groups is 1. The summed E-state index contributed by atoms with van der Waals surface area (Å²) in [6.45, 7) is 9.48. The van der Waals surface area contributed by atoms with Crippen molar-refractivity contribution in [3.8, 4) is 0 Å². The standard InChI is InChI=1S/C20H32N4O/c1-4-19(25)24-14-12-18(15-24)23-20(21-5-2)22-13-11-16(3)17-9-7-6-8-10-17/h6-10,16,18H,4-5,11-15H2,1-3H3,(H2,21,22,23). The molecule has 25 heavy (non-hydrogen) atoms. The highest BCUT2D eigenvalue weighted by molar-refractivity contribution is 5.80. The summed E-state index contributed by atoms with van der Waals surface area (Å²) in [5.41, 5.74) is 1.36. The molecule has 0 radical (unpaired) electrons. The van der Waals surface area contributed by atoms with Gasteiger partial charge < -0.3 is 15.5 Å². The van der Waals surface area contributed by atoms with Crippen molar-refractivity contribution in [1.29, 1.82) is 0 Å². The third kappa shape index (κ3) is 6.07. The molecule has 5 nitrogen and oxygen atoms in total. The Morgan fingerprint density at radius 2 is 2.08 bits per heavy atom. The number of hydrogen-bond acceptors (Lipinski definition) is 2. The lowest BCUT2D eigenvalue weighted by Crippen LogP contribution is -2.45. The fourth-order valence-electron chi connectivity index (χ4n) is 3.16. The molecule has 1 saturated heterocycles. The molecule has 1 aromatic carbocycles. The SMILES string of the molecule is CCNC(=NCCC(C)c1ccccc1)NC1CCN(C(=O)CC)C1. The molecule has 1 fully saturated rings. The minimum Gasteiger partial charge on any atom is -0.357 e. The molecule has 2 rings (SSSR count). The molecular weight excluding hydrogens is 312 g/mol. The van der Waals surface area contributed by atoms with Crippen molar-refractivity contribution < 1.29 is 4.79 Å². The Labute approximate surface area is 151 Å². The first-order valence-corrected chi connectivity index (χ1v) is 9.51. The predicted molar refractivity (Wildman–Crippen MR) is 104 cm³/mol. The molecule has 1 amide bonds. The lowest BCUT2D eigenvalue weighted by Gasteiger charge is -2.19. The summed E-state index contributed by atoms with van der Waals surface area (Å²) in [5.74, 6) is 1.60. The van der Waals surface area contributed by atoms with E-state index in [9.17, 15) is 4.79 Å². The number of amides is 1. The lowest BCUT2D eigenvalue weighted by molar-refractivity contribution is -0.129. The molecule has 2 N–H and O–H groups in total. The summed E-state index contributed by atoms with van der Waals surface area (Å²) in [4.78, 5) is 18.5. The molecule has 0 saturated carbocycles. The first-order valence-electron chi connectivity index (χ1n) is 9.51. The molecule has 1 aromatic rings. The van der Waals surface area contributed by atoms with Crippen LogP contribution < -0.4 is 10.6 Å². The van der Waals surface area contributed by atoms with Gasteiger partial charge in [-0.15, -0.1) is 0 Å². The second kappa shape index (κ2) is 10.1. The van der Waals surface area contributed by atoms with Crippen LogP contribution in [-0.4, -0.2) is 49.0 Å². The van der Waals surface area contributed by atoms with E-state index in [0.717, 1.165) is 45.0 Å². The van der Waals surface area contributed by atoms with E-state index in [2.05, 4.69) is 54.8 Å². The van der Waals surface area contributed by atoms with Crippen molar-refractivity contribution >= 4 is 11.9 Å². The van der Waals surface area contributed by atoms with Crippen LogP contribution in [0.25, 0.3) is 0 Å². The van der Waals surface area contributed by atoms with E-state index in [-0.39, 0.29) is 5.91 Å². The van der Waals surface area contributed by atoms with Crippen LogP contribution in [0.5, 0.6) is 0 Å². The maximum atomic E-state index is 11.8. The Bertz CT molecular complexity index is 558. The number of aliphatic imine (C=N–C) groups is 1. The first-order chi connectivity index (χ1) is 12.1. The molecule has 2 unspecified atom stereocenters. The molecule has 0 bridgehead atoms. The van der Waals surface area contributed by atoms with E-state index in [1.54, 1.807) is 0 Å². The van der Waals surface area contributed by atoms with E-state index in [1.807, 2.05) is 11.8 Å². The number of rotatable bonds is 7. The van der Waals surface area contributed by atoms with Crippen LogP contribution in [-0.2, 0) is 4.79 Å². The molecule has 1 aliphatic heterocycles. The van der Waals surface area contributed by atoms with Crippen molar-refractivity contribution in [3.63, 3.8) is 0 Å². The zero-order valence-corrected chi connectivity index (χ0v) is 15.8. The molecular formula is C20H32N4O. The second-order valence-corrected chi connectivity index (χ2v) is 6.68. The quantitative estimate of drug-likeness (QED) is 0.591. The molecule has 1 heterocycles. The molecule has 2 atom stereocenters. The fourth-order valence-corrected chi connectivity index (χ4v) is 3.16. The lowest BCUT2D eigenvalue weighted by atomic mass is 9.98. The molecule has 0 aromatic heterocycles. The van der Waals surface area contributed by atoms with Gasteiger partial charge in [0.1, 0.15) is 0 Å². The third-order valence-electron chi connectivity index (χ3n) is 4.73. The highest BCUT2D eigenvalue weighted by atomic mass is 16.2. The minimum absolute atomic E-state index is 0.239. The Hall–Kier alpha value is -2.04. The van der Waals surface area contributed by atoms with Crippen LogP contribution in [0.3, 0.4) is 0 Å². The van der Waals surface area contributed by atoms with Gasteiger partial charge in [-0.1, -0.05) is 44.2 Å². The number of guanidine groups is 1. The van der Waals surface area contributed by atoms with Crippen LogP contribution in [0.4, 0.5) is 0 Å². The smallest absolute Gasteiger partial charge is 0.222 e. The average Bonchev–Trinajstić information content (AvgIpc) is 3.10. The molecule has 0 aliphatic carbocycles. The summed E-state index contributed by atoms with van der Waals surface area (Å²) in [7, 11) is 0.